The Morgan fingerprint density at radius 1 is 1.07 bits per heavy atom. The zero-order valence-corrected chi connectivity index (χ0v) is 16.1. The van der Waals surface area contributed by atoms with Crippen molar-refractivity contribution in [2.45, 2.75) is 11.4 Å². The molecule has 1 amide bonds. The largest absolute Gasteiger partial charge is 0.418 e. The Morgan fingerprint density at radius 2 is 1.79 bits per heavy atom. The van der Waals surface area contributed by atoms with Crippen LogP contribution in [0, 0.1) is 0 Å². The number of carbonyl (C=O) groups excluding carboxylic acids is 1. The van der Waals surface area contributed by atoms with Gasteiger partial charge in [-0.3, -0.25) is 4.79 Å². The summed E-state index contributed by atoms with van der Waals surface area (Å²) in [5.74, 6) is -0.799. The van der Waals surface area contributed by atoms with Gasteiger partial charge in [0, 0.05) is 0 Å². The second kappa shape index (κ2) is 8.42. The van der Waals surface area contributed by atoms with Gasteiger partial charge in [0.05, 0.1) is 32.6 Å². The van der Waals surface area contributed by atoms with E-state index in [2.05, 4.69) is 15.5 Å². The van der Waals surface area contributed by atoms with Crippen LogP contribution < -0.4 is 5.32 Å². The molecule has 5 nitrogen and oxygen atoms in total. The number of carbonyl (C=O) groups is 1. The molecular weight excluding hydrogens is 438 g/mol. The summed E-state index contributed by atoms with van der Waals surface area (Å²) in [6.07, 6.45) is -4.66. The summed E-state index contributed by atoms with van der Waals surface area (Å²) < 4.78 is 44.6. The number of alkyl halides is 3. The molecule has 0 bridgehead atoms. The van der Waals surface area contributed by atoms with Crippen LogP contribution in [-0.4, -0.2) is 21.9 Å². The van der Waals surface area contributed by atoms with E-state index in [1.807, 2.05) is 0 Å². The molecule has 11 heteroatoms. The summed E-state index contributed by atoms with van der Waals surface area (Å²) in [6.45, 7) is 0. The average Bonchev–Trinajstić information content (AvgIpc) is 3.10. The molecule has 3 rings (SSSR count). The highest BCUT2D eigenvalue weighted by Crippen LogP contribution is 2.38. The Morgan fingerprint density at radius 3 is 2.50 bits per heavy atom. The highest BCUT2D eigenvalue weighted by Gasteiger charge is 2.34. The molecule has 0 radical (unpaired) electrons. The monoisotopic (exact) mass is 447 g/mol. The van der Waals surface area contributed by atoms with Gasteiger partial charge in [-0.1, -0.05) is 53.2 Å². The van der Waals surface area contributed by atoms with Gasteiger partial charge in [-0.15, -0.1) is 10.2 Å². The summed E-state index contributed by atoms with van der Waals surface area (Å²) in [4.78, 5) is 12.1. The summed E-state index contributed by atoms with van der Waals surface area (Å²) in [6, 6.07) is 10.1. The number of halogens is 5. The van der Waals surface area contributed by atoms with E-state index in [0.717, 1.165) is 23.9 Å². The summed E-state index contributed by atoms with van der Waals surface area (Å²) >= 11 is 12.7. The fourth-order valence-electron chi connectivity index (χ4n) is 2.20. The number of para-hydroxylation sites is 1. The lowest BCUT2D eigenvalue weighted by molar-refractivity contribution is -0.137. The van der Waals surface area contributed by atoms with E-state index in [1.54, 1.807) is 24.3 Å². The minimum absolute atomic E-state index is 0.0697. The van der Waals surface area contributed by atoms with Crippen molar-refractivity contribution < 1.29 is 22.4 Å². The van der Waals surface area contributed by atoms with Crippen LogP contribution in [0.1, 0.15) is 5.56 Å². The number of hydrogen-bond donors (Lipinski definition) is 1. The molecule has 1 N–H and O–H groups in total. The van der Waals surface area contributed by atoms with Crippen LogP contribution in [0.25, 0.3) is 11.5 Å². The van der Waals surface area contributed by atoms with Crippen molar-refractivity contribution in [3.63, 3.8) is 0 Å². The van der Waals surface area contributed by atoms with Crippen molar-refractivity contribution in [2.75, 3.05) is 11.1 Å². The maximum atomic E-state index is 13.1. The molecule has 1 aromatic heterocycles. The molecule has 1 heterocycles. The van der Waals surface area contributed by atoms with E-state index in [-0.39, 0.29) is 21.9 Å². The number of nitrogens with one attached hydrogen (secondary N) is 1. The van der Waals surface area contributed by atoms with Gasteiger partial charge in [-0.2, -0.15) is 13.2 Å². The number of rotatable bonds is 5. The lowest BCUT2D eigenvalue weighted by atomic mass is 10.1. The van der Waals surface area contributed by atoms with Crippen molar-refractivity contribution in [3.05, 3.63) is 58.1 Å². The zero-order chi connectivity index (χ0) is 20.3. The van der Waals surface area contributed by atoms with E-state index in [9.17, 15) is 18.0 Å². The number of benzene rings is 2. The van der Waals surface area contributed by atoms with Crippen molar-refractivity contribution >= 4 is 46.6 Å². The van der Waals surface area contributed by atoms with E-state index >= 15 is 0 Å². The van der Waals surface area contributed by atoms with E-state index in [1.165, 1.54) is 6.07 Å². The third-order valence-corrected chi connectivity index (χ3v) is 4.88. The molecule has 0 aliphatic rings. The van der Waals surface area contributed by atoms with Crippen molar-refractivity contribution in [3.8, 4) is 11.5 Å². The van der Waals surface area contributed by atoms with E-state index < -0.39 is 23.3 Å². The molecule has 0 unspecified atom stereocenters. The molecule has 0 saturated carbocycles. The first-order valence-electron chi connectivity index (χ1n) is 7.62. The minimum Gasteiger partial charge on any atom is -0.411 e. The fourth-order valence-corrected chi connectivity index (χ4v) is 3.20. The molecule has 0 fully saturated rings. The Balaban J connectivity index is 1.67. The van der Waals surface area contributed by atoms with Crippen molar-refractivity contribution in [2.24, 2.45) is 0 Å². The van der Waals surface area contributed by atoms with Gasteiger partial charge < -0.3 is 9.73 Å². The summed E-state index contributed by atoms with van der Waals surface area (Å²) in [7, 11) is 0. The highest BCUT2D eigenvalue weighted by molar-refractivity contribution is 7.99. The van der Waals surface area contributed by atoms with Crippen LogP contribution in [0.2, 0.25) is 10.0 Å². The number of anilines is 1. The van der Waals surface area contributed by atoms with Crippen molar-refractivity contribution in [1.29, 1.82) is 0 Å². The van der Waals surface area contributed by atoms with Crippen molar-refractivity contribution in [1.82, 2.24) is 10.2 Å². The normalized spacial score (nSPS) is 11.5. The maximum Gasteiger partial charge on any atom is 0.418 e. The Bertz CT molecular complexity index is 1010. The van der Waals surface area contributed by atoms with Crippen LogP contribution in [0.3, 0.4) is 0 Å². The first kappa shape index (κ1) is 20.5. The second-order valence-corrected chi connectivity index (χ2v) is 7.09. The smallest absolute Gasteiger partial charge is 0.411 e. The molecular formula is C17H10Cl2F3N3O2S. The van der Waals surface area contributed by atoms with Gasteiger partial charge in [0.2, 0.25) is 11.8 Å². The molecule has 0 aliphatic heterocycles. The summed E-state index contributed by atoms with van der Waals surface area (Å²) in [5.41, 5.74) is -0.999. The van der Waals surface area contributed by atoms with E-state index in [4.69, 9.17) is 27.6 Å². The Labute approximate surface area is 171 Å². The van der Waals surface area contributed by atoms with E-state index in [0.29, 0.717) is 10.6 Å². The zero-order valence-electron chi connectivity index (χ0n) is 13.8. The standard InChI is InChI=1S/C17H10Cl2F3N3O2S/c18-11-6-2-1-4-9(11)15-24-25-16(27-15)28-8-13(26)23-14-10(17(20,21)22)5-3-7-12(14)19/h1-7H,8H2,(H,23,26). The Kier molecular flexibility index (Phi) is 6.17. The van der Waals surface area contributed by atoms with Crippen LogP contribution in [0.15, 0.2) is 52.1 Å². The maximum absolute atomic E-state index is 13.1. The number of thioether (sulfide) groups is 1. The van der Waals surface area contributed by atoms with Gasteiger partial charge in [0.1, 0.15) is 0 Å². The lowest BCUT2D eigenvalue weighted by Crippen LogP contribution is -2.18. The third kappa shape index (κ3) is 4.78. The Hall–Kier alpha value is -2.23. The lowest BCUT2D eigenvalue weighted by Gasteiger charge is -2.14. The quantitative estimate of drug-likeness (QED) is 0.501. The fraction of sp³-hybridized carbons (Fsp3) is 0.118. The average molecular weight is 448 g/mol. The van der Waals surface area contributed by atoms with Gasteiger partial charge in [0.15, 0.2) is 0 Å². The van der Waals surface area contributed by atoms with Gasteiger partial charge >= 0.3 is 6.18 Å². The van der Waals surface area contributed by atoms with Crippen LogP contribution >= 0.6 is 35.0 Å². The number of aromatic nitrogens is 2. The number of amides is 1. The van der Waals surface area contributed by atoms with Gasteiger partial charge in [-0.25, -0.2) is 0 Å². The van der Waals surface area contributed by atoms with Crippen LogP contribution in [0.4, 0.5) is 18.9 Å². The molecule has 28 heavy (non-hydrogen) atoms. The first-order chi connectivity index (χ1) is 13.3. The second-order valence-electron chi connectivity index (χ2n) is 5.35. The molecule has 146 valence electrons. The topological polar surface area (TPSA) is 68.0 Å². The molecule has 2 aromatic carbocycles. The summed E-state index contributed by atoms with van der Waals surface area (Å²) in [5, 5.41) is 10.1. The number of hydrogen-bond acceptors (Lipinski definition) is 5. The molecule has 0 saturated heterocycles. The molecule has 0 aliphatic carbocycles. The SMILES string of the molecule is O=C(CSc1nnc(-c2ccccc2Cl)o1)Nc1c(Cl)cccc1C(F)(F)F. The minimum atomic E-state index is -4.66. The van der Waals surface area contributed by atoms with Crippen LogP contribution in [0.5, 0.6) is 0 Å². The highest BCUT2D eigenvalue weighted by atomic mass is 35.5. The van der Waals surface area contributed by atoms with Crippen LogP contribution in [-0.2, 0) is 11.0 Å². The number of nitrogens with zero attached hydrogens (tertiary/aromatic N) is 2. The predicted octanol–water partition coefficient (Wildman–Crippen LogP) is 5.79. The van der Waals surface area contributed by atoms with Gasteiger partial charge in [0.25, 0.3) is 5.22 Å². The molecule has 0 spiro atoms. The molecule has 3 aromatic rings. The first-order valence-corrected chi connectivity index (χ1v) is 9.36. The van der Waals surface area contributed by atoms with Gasteiger partial charge in [-0.05, 0) is 24.3 Å². The molecule has 0 atom stereocenters. The third-order valence-electron chi connectivity index (χ3n) is 3.42. The predicted molar refractivity (Wildman–Crippen MR) is 101 cm³/mol.